The molecule has 3 aromatic rings. The molecule has 3 rings (SSSR count). The molecule has 1 heterocycles. The molecule has 2 aromatic carbocycles. The van der Waals surface area contributed by atoms with E-state index in [0.29, 0.717) is 10.8 Å². The Morgan fingerprint density at radius 3 is 2.24 bits per heavy atom. The number of carboxylic acids is 1. The fraction of sp³-hybridized carbons (Fsp3) is 0.357. The molecular formula is C28H33NO4S. The van der Waals surface area contributed by atoms with Gasteiger partial charge in [-0.3, -0.25) is 9.59 Å². The monoisotopic (exact) mass is 479 g/mol. The summed E-state index contributed by atoms with van der Waals surface area (Å²) >= 11 is 1.39. The van der Waals surface area contributed by atoms with Crippen molar-refractivity contribution >= 4 is 23.2 Å². The number of aliphatic carboxylic acids is 1. The summed E-state index contributed by atoms with van der Waals surface area (Å²) < 4.78 is 6.49. The van der Waals surface area contributed by atoms with Crippen molar-refractivity contribution < 1.29 is 19.4 Å². The van der Waals surface area contributed by atoms with Gasteiger partial charge in [0.2, 0.25) is 0 Å². The molecule has 2 N–H and O–H groups in total. The first-order valence-corrected chi connectivity index (χ1v) is 12.4. The first kappa shape index (κ1) is 25.5. The number of carbonyl (C=O) groups excluding carboxylic acids is 1. The van der Waals surface area contributed by atoms with Crippen LogP contribution < -0.4 is 10.1 Å². The molecule has 1 aromatic heterocycles. The van der Waals surface area contributed by atoms with Crippen molar-refractivity contribution in [1.29, 1.82) is 0 Å². The zero-order chi connectivity index (χ0) is 24.8. The number of amides is 1. The Kier molecular flexibility index (Phi) is 8.51. The van der Waals surface area contributed by atoms with E-state index in [-0.39, 0.29) is 25.0 Å². The van der Waals surface area contributed by atoms with Crippen LogP contribution in [0.1, 0.15) is 64.0 Å². The van der Waals surface area contributed by atoms with E-state index in [2.05, 4.69) is 76.3 Å². The lowest BCUT2D eigenvalue weighted by molar-refractivity contribution is -0.136. The molecule has 34 heavy (non-hydrogen) atoms. The highest BCUT2D eigenvalue weighted by Crippen LogP contribution is 2.36. The van der Waals surface area contributed by atoms with E-state index in [1.54, 1.807) is 6.07 Å². The molecular weight excluding hydrogens is 446 g/mol. The van der Waals surface area contributed by atoms with Crippen molar-refractivity contribution in [3.8, 4) is 16.9 Å². The molecule has 0 fully saturated rings. The lowest BCUT2D eigenvalue weighted by Crippen LogP contribution is -2.25. The second kappa shape index (κ2) is 11.3. The van der Waals surface area contributed by atoms with Crippen LogP contribution in [-0.2, 0) is 4.79 Å². The molecule has 0 saturated carbocycles. The molecule has 0 saturated heterocycles. The maximum absolute atomic E-state index is 12.4. The van der Waals surface area contributed by atoms with Gasteiger partial charge in [-0.15, -0.1) is 11.3 Å². The summed E-state index contributed by atoms with van der Waals surface area (Å²) in [5.41, 5.74) is 5.98. The number of hydrogen-bond donors (Lipinski definition) is 2. The molecule has 0 aliphatic rings. The minimum atomic E-state index is -0.934. The highest BCUT2D eigenvalue weighted by molar-refractivity contribution is 7.14. The summed E-state index contributed by atoms with van der Waals surface area (Å²) in [5.74, 6) is 0.0397. The van der Waals surface area contributed by atoms with Gasteiger partial charge in [0.15, 0.2) is 0 Å². The van der Waals surface area contributed by atoms with E-state index in [1.165, 1.54) is 28.0 Å². The molecule has 0 radical (unpaired) electrons. The molecule has 5 nitrogen and oxygen atoms in total. The fourth-order valence-electron chi connectivity index (χ4n) is 4.00. The van der Waals surface area contributed by atoms with E-state index in [4.69, 9.17) is 9.84 Å². The Labute approximate surface area is 205 Å². The second-order valence-corrected chi connectivity index (χ2v) is 10.3. The van der Waals surface area contributed by atoms with Gasteiger partial charge in [-0.2, -0.15) is 0 Å². The van der Waals surface area contributed by atoms with Crippen LogP contribution in [0.3, 0.4) is 0 Å². The number of hydrogen-bond acceptors (Lipinski definition) is 4. The van der Waals surface area contributed by atoms with Crippen LogP contribution in [-0.4, -0.2) is 23.5 Å². The minimum absolute atomic E-state index is 0.0969. The number of carbonyl (C=O) groups is 2. The SMILES string of the molecule is Cc1ccc(-c2c(C)cc(OC(CC(C)C)c3ccc(C(=O)NCCC(=O)O)s3)cc2C)cc1. The highest BCUT2D eigenvalue weighted by Gasteiger charge is 2.21. The first-order valence-electron chi connectivity index (χ1n) is 11.6. The van der Waals surface area contributed by atoms with Gasteiger partial charge in [0.25, 0.3) is 5.91 Å². The third kappa shape index (κ3) is 6.70. The number of thiophene rings is 1. The highest BCUT2D eigenvalue weighted by atomic mass is 32.1. The maximum atomic E-state index is 12.4. The predicted molar refractivity (Wildman–Crippen MR) is 138 cm³/mol. The molecule has 0 aliphatic heterocycles. The third-order valence-electron chi connectivity index (χ3n) is 5.60. The van der Waals surface area contributed by atoms with Gasteiger partial charge in [-0.25, -0.2) is 0 Å². The molecule has 180 valence electrons. The number of rotatable bonds is 10. The molecule has 1 unspecified atom stereocenters. The summed E-state index contributed by atoms with van der Waals surface area (Å²) in [6.07, 6.45) is 0.549. The molecule has 1 amide bonds. The van der Waals surface area contributed by atoms with Crippen LogP contribution in [0.25, 0.3) is 11.1 Å². The van der Waals surface area contributed by atoms with Crippen molar-refractivity contribution in [2.45, 2.75) is 53.6 Å². The Morgan fingerprint density at radius 2 is 1.65 bits per heavy atom. The van der Waals surface area contributed by atoms with Crippen molar-refractivity contribution in [3.63, 3.8) is 0 Å². The van der Waals surface area contributed by atoms with Crippen LogP contribution in [0, 0.1) is 26.7 Å². The minimum Gasteiger partial charge on any atom is -0.485 e. The quantitative estimate of drug-likeness (QED) is 0.339. The summed E-state index contributed by atoms with van der Waals surface area (Å²) in [4.78, 5) is 24.6. The van der Waals surface area contributed by atoms with E-state index >= 15 is 0 Å². The van der Waals surface area contributed by atoms with Gasteiger partial charge in [0, 0.05) is 11.4 Å². The predicted octanol–water partition coefficient (Wildman–Crippen LogP) is 6.71. The van der Waals surface area contributed by atoms with Crippen LogP contribution in [0.15, 0.2) is 48.5 Å². The Balaban J connectivity index is 1.81. The Bertz CT molecular complexity index is 1120. The van der Waals surface area contributed by atoms with Gasteiger partial charge in [-0.05, 0) is 79.6 Å². The van der Waals surface area contributed by atoms with E-state index < -0.39 is 5.97 Å². The largest absolute Gasteiger partial charge is 0.485 e. The lowest BCUT2D eigenvalue weighted by atomic mass is 9.95. The summed E-state index contributed by atoms with van der Waals surface area (Å²) in [6, 6.07) is 16.5. The van der Waals surface area contributed by atoms with Crippen LogP contribution in [0.2, 0.25) is 0 Å². The smallest absolute Gasteiger partial charge is 0.305 e. The van der Waals surface area contributed by atoms with E-state index in [9.17, 15) is 9.59 Å². The first-order chi connectivity index (χ1) is 16.1. The summed E-state index contributed by atoms with van der Waals surface area (Å²) in [5, 5.41) is 11.4. The van der Waals surface area contributed by atoms with Crippen LogP contribution in [0.5, 0.6) is 5.75 Å². The van der Waals surface area contributed by atoms with Crippen molar-refractivity contribution in [3.05, 3.63) is 75.0 Å². The fourth-order valence-corrected chi connectivity index (χ4v) is 4.97. The van der Waals surface area contributed by atoms with Crippen molar-refractivity contribution in [2.24, 2.45) is 5.92 Å². The average molecular weight is 480 g/mol. The van der Waals surface area contributed by atoms with E-state index in [0.717, 1.165) is 28.2 Å². The number of nitrogens with one attached hydrogen (secondary N) is 1. The third-order valence-corrected chi connectivity index (χ3v) is 6.78. The topological polar surface area (TPSA) is 75.6 Å². The number of carboxylic acid groups (broad SMARTS) is 1. The standard InChI is InChI=1S/C28H33NO4S/c1-17(2)14-23(24-10-11-25(34-24)28(32)29-13-12-26(30)31)33-22-15-19(4)27(20(5)16-22)21-8-6-18(3)7-9-21/h6-11,15-17,23H,12-14H2,1-5H3,(H,29,32)(H,30,31). The van der Waals surface area contributed by atoms with E-state index in [1.807, 2.05) is 6.07 Å². The molecule has 1 atom stereocenters. The molecule has 0 bridgehead atoms. The van der Waals surface area contributed by atoms with Crippen LogP contribution >= 0.6 is 11.3 Å². The van der Waals surface area contributed by atoms with Gasteiger partial charge in [0.1, 0.15) is 11.9 Å². The summed E-state index contributed by atoms with van der Waals surface area (Å²) in [6.45, 7) is 10.7. The number of benzene rings is 2. The molecule has 6 heteroatoms. The zero-order valence-electron chi connectivity index (χ0n) is 20.5. The van der Waals surface area contributed by atoms with Crippen molar-refractivity contribution in [1.82, 2.24) is 5.32 Å². The second-order valence-electron chi connectivity index (χ2n) is 9.14. The normalized spacial score (nSPS) is 11.9. The maximum Gasteiger partial charge on any atom is 0.305 e. The van der Waals surface area contributed by atoms with Crippen LogP contribution in [0.4, 0.5) is 0 Å². The Morgan fingerprint density at radius 1 is 1.00 bits per heavy atom. The van der Waals surface area contributed by atoms with Gasteiger partial charge in [0.05, 0.1) is 11.3 Å². The average Bonchev–Trinajstić information content (AvgIpc) is 3.24. The van der Waals surface area contributed by atoms with Gasteiger partial charge >= 0.3 is 5.97 Å². The van der Waals surface area contributed by atoms with Gasteiger partial charge in [-0.1, -0.05) is 43.7 Å². The van der Waals surface area contributed by atoms with Gasteiger partial charge < -0.3 is 15.2 Å². The lowest BCUT2D eigenvalue weighted by Gasteiger charge is -2.22. The zero-order valence-corrected chi connectivity index (χ0v) is 21.3. The number of aryl methyl sites for hydroxylation is 3. The molecule has 0 spiro atoms. The molecule has 0 aliphatic carbocycles. The number of ether oxygens (including phenoxy) is 1. The Hall–Kier alpha value is -3.12. The summed E-state index contributed by atoms with van der Waals surface area (Å²) in [7, 11) is 0. The van der Waals surface area contributed by atoms with Crippen molar-refractivity contribution in [2.75, 3.05) is 6.54 Å².